The minimum absolute atomic E-state index is 0.0231. The summed E-state index contributed by atoms with van der Waals surface area (Å²) in [4.78, 5) is 36.8. The maximum atomic E-state index is 12.6. The third-order valence-electron chi connectivity index (χ3n) is 5.16. The Morgan fingerprint density at radius 2 is 1.52 bits per heavy atom. The van der Waals surface area contributed by atoms with E-state index >= 15 is 0 Å². The highest BCUT2D eigenvalue weighted by molar-refractivity contribution is 6.40. The van der Waals surface area contributed by atoms with Crippen molar-refractivity contribution >= 4 is 64.2 Å². The standard InChI is InChI=1S/C23H19Cl4NO5/c24-14-3-1-4-15(25)19(14)21(29)28-18(22(30)31)11-12-7-9-13(10-8-12)33-23(32)20-16(26)5-2-6-17(20)27/h1-7,13,18H,8-11H2,(H,28,29)(H,30,31). The first-order valence-electron chi connectivity index (χ1n) is 9.98. The highest BCUT2D eigenvalue weighted by Gasteiger charge is 2.27. The number of carbonyl (C=O) groups is 3. The molecule has 0 spiro atoms. The van der Waals surface area contributed by atoms with Gasteiger partial charge in [-0.2, -0.15) is 0 Å². The normalized spacial score (nSPS) is 16.5. The van der Waals surface area contributed by atoms with Crippen molar-refractivity contribution in [3.8, 4) is 0 Å². The van der Waals surface area contributed by atoms with Crippen LogP contribution in [0.25, 0.3) is 0 Å². The number of hydrogen-bond donors (Lipinski definition) is 2. The van der Waals surface area contributed by atoms with Crippen molar-refractivity contribution < 1.29 is 24.2 Å². The molecule has 0 bridgehead atoms. The highest BCUT2D eigenvalue weighted by atomic mass is 35.5. The molecule has 0 saturated carbocycles. The first-order chi connectivity index (χ1) is 15.7. The lowest BCUT2D eigenvalue weighted by atomic mass is 9.92. The molecule has 2 aromatic carbocycles. The second-order valence-corrected chi connectivity index (χ2v) is 9.05. The largest absolute Gasteiger partial charge is 0.480 e. The zero-order valence-corrected chi connectivity index (χ0v) is 20.1. The van der Waals surface area contributed by atoms with Crippen LogP contribution in [0.5, 0.6) is 0 Å². The Morgan fingerprint density at radius 3 is 2.00 bits per heavy atom. The van der Waals surface area contributed by atoms with Gasteiger partial charge in [0.25, 0.3) is 5.91 Å². The minimum atomic E-state index is -1.19. The van der Waals surface area contributed by atoms with Gasteiger partial charge in [-0.1, -0.05) is 70.2 Å². The number of rotatable bonds is 7. The molecule has 0 aliphatic heterocycles. The van der Waals surface area contributed by atoms with E-state index < -0.39 is 30.0 Å². The van der Waals surface area contributed by atoms with Gasteiger partial charge in [-0.3, -0.25) is 4.79 Å². The monoisotopic (exact) mass is 529 g/mol. The number of hydrogen-bond acceptors (Lipinski definition) is 4. The highest BCUT2D eigenvalue weighted by Crippen LogP contribution is 2.29. The number of carbonyl (C=O) groups excluding carboxylic acids is 2. The van der Waals surface area contributed by atoms with E-state index in [0.717, 1.165) is 5.57 Å². The van der Waals surface area contributed by atoms with E-state index in [9.17, 15) is 19.5 Å². The number of benzene rings is 2. The van der Waals surface area contributed by atoms with Crippen molar-refractivity contribution in [3.05, 3.63) is 79.3 Å². The van der Waals surface area contributed by atoms with Gasteiger partial charge >= 0.3 is 11.9 Å². The lowest BCUT2D eigenvalue weighted by molar-refractivity contribution is -0.139. The molecule has 2 unspecified atom stereocenters. The molecule has 2 aromatic rings. The van der Waals surface area contributed by atoms with Gasteiger partial charge in [0.15, 0.2) is 0 Å². The number of carboxylic acids is 1. The average molecular weight is 531 g/mol. The average Bonchev–Trinajstić information content (AvgIpc) is 2.74. The summed E-state index contributed by atoms with van der Waals surface area (Å²) in [7, 11) is 0. The number of esters is 1. The van der Waals surface area contributed by atoms with E-state index in [1.165, 1.54) is 12.1 Å². The molecule has 1 amide bonds. The number of aliphatic carboxylic acids is 1. The molecule has 3 rings (SSSR count). The second kappa shape index (κ2) is 11.3. The Bertz CT molecular complexity index is 1080. The fraction of sp³-hybridized carbons (Fsp3) is 0.261. The summed E-state index contributed by atoms with van der Waals surface area (Å²) in [5.74, 6) is -2.47. The quantitative estimate of drug-likeness (QED) is 0.328. The first kappa shape index (κ1) is 25.4. The van der Waals surface area contributed by atoms with E-state index in [4.69, 9.17) is 51.1 Å². The van der Waals surface area contributed by atoms with Crippen molar-refractivity contribution in [3.63, 3.8) is 0 Å². The molecule has 33 heavy (non-hydrogen) atoms. The van der Waals surface area contributed by atoms with Crippen molar-refractivity contribution in [1.82, 2.24) is 5.32 Å². The first-order valence-corrected chi connectivity index (χ1v) is 11.5. The van der Waals surface area contributed by atoms with Crippen LogP contribution < -0.4 is 5.32 Å². The summed E-state index contributed by atoms with van der Waals surface area (Å²) >= 11 is 24.2. The number of amides is 1. The lowest BCUT2D eigenvalue weighted by Gasteiger charge is -2.24. The van der Waals surface area contributed by atoms with Crippen molar-refractivity contribution in [1.29, 1.82) is 0 Å². The zero-order valence-electron chi connectivity index (χ0n) is 17.1. The Hall–Kier alpha value is -2.25. The lowest BCUT2D eigenvalue weighted by Crippen LogP contribution is -2.41. The number of carboxylic acid groups (broad SMARTS) is 1. The van der Waals surface area contributed by atoms with E-state index in [0.29, 0.717) is 19.3 Å². The Balaban J connectivity index is 1.62. The molecule has 0 radical (unpaired) electrons. The van der Waals surface area contributed by atoms with Crippen LogP contribution in [0, 0.1) is 0 Å². The maximum absolute atomic E-state index is 12.6. The number of ether oxygens (including phenoxy) is 1. The van der Waals surface area contributed by atoms with E-state index in [1.807, 2.05) is 6.08 Å². The van der Waals surface area contributed by atoms with Gasteiger partial charge in [-0.25, -0.2) is 9.59 Å². The summed E-state index contributed by atoms with van der Waals surface area (Å²) in [6, 6.07) is 8.16. The molecule has 0 heterocycles. The number of nitrogens with one attached hydrogen (secondary N) is 1. The van der Waals surface area contributed by atoms with Crippen molar-refractivity contribution in [2.45, 2.75) is 37.8 Å². The predicted molar refractivity (Wildman–Crippen MR) is 128 cm³/mol. The molecule has 2 atom stereocenters. The second-order valence-electron chi connectivity index (χ2n) is 7.43. The van der Waals surface area contributed by atoms with Crippen molar-refractivity contribution in [2.24, 2.45) is 0 Å². The summed E-state index contributed by atoms with van der Waals surface area (Å²) in [5, 5.41) is 12.7. The summed E-state index contributed by atoms with van der Waals surface area (Å²) in [6.45, 7) is 0. The molecule has 1 aliphatic carbocycles. The fourth-order valence-electron chi connectivity index (χ4n) is 3.47. The zero-order chi connectivity index (χ0) is 24.1. The molecular formula is C23H19Cl4NO5. The van der Waals surface area contributed by atoms with Gasteiger partial charge < -0.3 is 15.2 Å². The smallest absolute Gasteiger partial charge is 0.341 e. The molecule has 0 fully saturated rings. The Kier molecular flexibility index (Phi) is 8.65. The molecule has 0 saturated heterocycles. The van der Waals surface area contributed by atoms with Gasteiger partial charge in [0, 0.05) is 6.42 Å². The summed E-state index contributed by atoms with van der Waals surface area (Å²) < 4.78 is 5.52. The molecule has 0 aromatic heterocycles. The van der Waals surface area contributed by atoms with Crippen molar-refractivity contribution in [2.75, 3.05) is 0 Å². The van der Waals surface area contributed by atoms with Crippen LogP contribution in [0.2, 0.25) is 20.1 Å². The van der Waals surface area contributed by atoms with Gasteiger partial charge in [0.2, 0.25) is 0 Å². The molecular weight excluding hydrogens is 512 g/mol. The Labute approximate surface area is 210 Å². The fourth-order valence-corrected chi connectivity index (χ4v) is 4.59. The van der Waals surface area contributed by atoms with Gasteiger partial charge in [-0.05, 0) is 43.5 Å². The van der Waals surface area contributed by atoms with Crippen LogP contribution in [0.1, 0.15) is 46.4 Å². The number of halogens is 4. The van der Waals surface area contributed by atoms with E-state index in [1.54, 1.807) is 24.3 Å². The van der Waals surface area contributed by atoms with Crippen LogP contribution in [-0.4, -0.2) is 35.1 Å². The SMILES string of the molecule is O=C(NC(CC1=CCC(OC(=O)c2c(Cl)cccc2Cl)CC1)C(=O)O)c1c(Cl)cccc1Cl. The van der Waals surface area contributed by atoms with Crippen LogP contribution in [-0.2, 0) is 9.53 Å². The van der Waals surface area contributed by atoms with E-state index in [2.05, 4.69) is 5.32 Å². The topological polar surface area (TPSA) is 92.7 Å². The third-order valence-corrected chi connectivity index (χ3v) is 6.42. The minimum Gasteiger partial charge on any atom is -0.480 e. The Morgan fingerprint density at radius 1 is 0.970 bits per heavy atom. The van der Waals surface area contributed by atoms with Gasteiger partial charge in [0.05, 0.1) is 31.2 Å². The molecule has 10 heteroatoms. The molecule has 6 nitrogen and oxygen atoms in total. The molecule has 2 N–H and O–H groups in total. The van der Waals surface area contributed by atoms with Crippen LogP contribution in [0.15, 0.2) is 48.0 Å². The summed E-state index contributed by atoms with van der Waals surface area (Å²) in [5.41, 5.74) is 0.966. The van der Waals surface area contributed by atoms with Crippen LogP contribution >= 0.6 is 46.4 Å². The maximum Gasteiger partial charge on any atom is 0.341 e. The molecule has 174 valence electrons. The van der Waals surface area contributed by atoms with Crippen LogP contribution in [0.3, 0.4) is 0 Å². The predicted octanol–water partition coefficient (Wildman–Crippen LogP) is 6.21. The van der Waals surface area contributed by atoms with Gasteiger partial charge in [-0.15, -0.1) is 0 Å². The van der Waals surface area contributed by atoms with E-state index in [-0.39, 0.29) is 37.6 Å². The van der Waals surface area contributed by atoms with Crippen LogP contribution in [0.4, 0.5) is 0 Å². The van der Waals surface area contributed by atoms with Gasteiger partial charge in [0.1, 0.15) is 12.1 Å². The molecule has 1 aliphatic rings. The third kappa shape index (κ3) is 6.42. The summed E-state index contributed by atoms with van der Waals surface area (Å²) in [6.07, 6.45) is 2.92.